The standard InChI is InChI=1S/C16H16BrN3/c1-10(2)6-13-8-14(15(9-18)16(19)20-13)11-4-3-5-12(17)7-11/h3-5,7-8,10H,6H2,1-2H3,(H2,19,20). The summed E-state index contributed by atoms with van der Waals surface area (Å²) in [6.07, 6.45) is 0.844. The molecule has 0 fully saturated rings. The lowest BCUT2D eigenvalue weighted by Crippen LogP contribution is -2.04. The zero-order valence-corrected chi connectivity index (χ0v) is 13.1. The maximum Gasteiger partial charge on any atom is 0.142 e. The molecule has 2 aromatic rings. The molecule has 0 radical (unpaired) electrons. The fourth-order valence-corrected chi connectivity index (χ4v) is 2.54. The number of benzene rings is 1. The van der Waals surface area contributed by atoms with E-state index < -0.39 is 0 Å². The quantitative estimate of drug-likeness (QED) is 0.919. The first-order chi connectivity index (χ1) is 9.51. The molecular weight excluding hydrogens is 314 g/mol. The molecule has 0 saturated heterocycles. The fraction of sp³-hybridized carbons (Fsp3) is 0.250. The molecule has 102 valence electrons. The van der Waals surface area contributed by atoms with Crippen molar-refractivity contribution >= 4 is 21.7 Å². The topological polar surface area (TPSA) is 62.7 Å². The minimum Gasteiger partial charge on any atom is -0.383 e. The number of nitrogen functional groups attached to an aromatic ring is 1. The van der Waals surface area contributed by atoms with Gasteiger partial charge in [-0.3, -0.25) is 0 Å². The Hall–Kier alpha value is -1.86. The van der Waals surface area contributed by atoms with E-state index in [1.165, 1.54) is 0 Å². The Kier molecular flexibility index (Phi) is 4.41. The van der Waals surface area contributed by atoms with Gasteiger partial charge in [0.05, 0.1) is 0 Å². The molecule has 2 rings (SSSR count). The second-order valence-corrected chi connectivity index (χ2v) is 6.06. The van der Waals surface area contributed by atoms with Gasteiger partial charge in [0.2, 0.25) is 0 Å². The van der Waals surface area contributed by atoms with Gasteiger partial charge in [-0.05, 0) is 36.1 Å². The molecule has 0 bridgehead atoms. The number of pyridine rings is 1. The number of aromatic nitrogens is 1. The summed E-state index contributed by atoms with van der Waals surface area (Å²) in [6.45, 7) is 4.27. The molecule has 1 heterocycles. The highest BCUT2D eigenvalue weighted by atomic mass is 79.9. The van der Waals surface area contributed by atoms with E-state index in [0.29, 0.717) is 17.3 Å². The number of anilines is 1. The SMILES string of the molecule is CC(C)Cc1cc(-c2cccc(Br)c2)c(C#N)c(N)n1. The summed E-state index contributed by atoms with van der Waals surface area (Å²) in [4.78, 5) is 4.34. The molecular formula is C16H16BrN3. The van der Waals surface area contributed by atoms with Crippen molar-refractivity contribution in [3.05, 3.63) is 46.1 Å². The van der Waals surface area contributed by atoms with E-state index in [1.807, 2.05) is 30.3 Å². The summed E-state index contributed by atoms with van der Waals surface area (Å²) >= 11 is 3.45. The normalized spacial score (nSPS) is 10.6. The van der Waals surface area contributed by atoms with Gasteiger partial charge < -0.3 is 5.73 Å². The number of hydrogen-bond acceptors (Lipinski definition) is 3. The number of nitrogens with zero attached hydrogens (tertiary/aromatic N) is 2. The van der Waals surface area contributed by atoms with Crippen LogP contribution in [0.2, 0.25) is 0 Å². The van der Waals surface area contributed by atoms with E-state index in [0.717, 1.165) is 27.7 Å². The second-order valence-electron chi connectivity index (χ2n) is 5.14. The van der Waals surface area contributed by atoms with Gasteiger partial charge >= 0.3 is 0 Å². The molecule has 0 spiro atoms. The van der Waals surface area contributed by atoms with Gasteiger partial charge in [-0.15, -0.1) is 0 Å². The van der Waals surface area contributed by atoms with Crippen LogP contribution in [0.1, 0.15) is 25.1 Å². The van der Waals surface area contributed by atoms with Crippen molar-refractivity contribution in [2.45, 2.75) is 20.3 Å². The molecule has 4 heteroatoms. The van der Waals surface area contributed by atoms with Crippen LogP contribution in [-0.2, 0) is 6.42 Å². The number of nitriles is 1. The lowest BCUT2D eigenvalue weighted by molar-refractivity contribution is 0.636. The molecule has 3 nitrogen and oxygen atoms in total. The van der Waals surface area contributed by atoms with Crippen molar-refractivity contribution in [1.29, 1.82) is 5.26 Å². The van der Waals surface area contributed by atoms with Crippen LogP contribution >= 0.6 is 15.9 Å². The lowest BCUT2D eigenvalue weighted by atomic mass is 9.98. The van der Waals surface area contributed by atoms with E-state index in [9.17, 15) is 5.26 Å². The average molecular weight is 330 g/mol. The molecule has 2 N–H and O–H groups in total. The van der Waals surface area contributed by atoms with Crippen LogP contribution in [0, 0.1) is 17.2 Å². The Morgan fingerprint density at radius 1 is 1.35 bits per heavy atom. The molecule has 0 aliphatic carbocycles. The smallest absolute Gasteiger partial charge is 0.142 e. The minimum atomic E-state index is 0.306. The van der Waals surface area contributed by atoms with Crippen LogP contribution in [0.4, 0.5) is 5.82 Å². The predicted octanol–water partition coefficient (Wildman–Crippen LogP) is 4.16. The first-order valence-electron chi connectivity index (χ1n) is 6.46. The number of hydrogen-bond donors (Lipinski definition) is 1. The Morgan fingerprint density at radius 2 is 2.10 bits per heavy atom. The van der Waals surface area contributed by atoms with E-state index in [2.05, 4.69) is 40.8 Å². The van der Waals surface area contributed by atoms with Crippen LogP contribution in [0.3, 0.4) is 0 Å². The van der Waals surface area contributed by atoms with Crippen LogP contribution in [0.5, 0.6) is 0 Å². The molecule has 0 atom stereocenters. The van der Waals surface area contributed by atoms with E-state index >= 15 is 0 Å². The molecule has 0 unspecified atom stereocenters. The largest absolute Gasteiger partial charge is 0.383 e. The maximum atomic E-state index is 9.32. The molecule has 0 aliphatic heterocycles. The molecule has 0 saturated carbocycles. The van der Waals surface area contributed by atoms with Gasteiger partial charge in [-0.25, -0.2) is 4.98 Å². The van der Waals surface area contributed by atoms with Gasteiger partial charge in [0.1, 0.15) is 17.5 Å². The summed E-state index contributed by atoms with van der Waals surface area (Å²) in [5.41, 5.74) is 9.11. The van der Waals surface area contributed by atoms with Gasteiger partial charge in [0.25, 0.3) is 0 Å². The van der Waals surface area contributed by atoms with Crippen molar-refractivity contribution in [3.63, 3.8) is 0 Å². The summed E-state index contributed by atoms with van der Waals surface area (Å²) in [5, 5.41) is 9.32. The van der Waals surface area contributed by atoms with E-state index in [4.69, 9.17) is 5.73 Å². The highest BCUT2D eigenvalue weighted by molar-refractivity contribution is 9.10. The van der Waals surface area contributed by atoms with Crippen LogP contribution < -0.4 is 5.73 Å². The first kappa shape index (κ1) is 14.5. The third-order valence-corrected chi connectivity index (χ3v) is 3.46. The average Bonchev–Trinajstić information content (AvgIpc) is 2.37. The van der Waals surface area contributed by atoms with Crippen LogP contribution in [0.25, 0.3) is 11.1 Å². The van der Waals surface area contributed by atoms with Crippen molar-refractivity contribution in [3.8, 4) is 17.2 Å². The van der Waals surface area contributed by atoms with Crippen molar-refractivity contribution in [1.82, 2.24) is 4.98 Å². The zero-order chi connectivity index (χ0) is 14.7. The van der Waals surface area contributed by atoms with Gasteiger partial charge in [-0.1, -0.05) is 41.9 Å². The van der Waals surface area contributed by atoms with Gasteiger partial charge in [0, 0.05) is 15.7 Å². The molecule has 1 aromatic carbocycles. The molecule has 0 aliphatic rings. The summed E-state index contributed by atoms with van der Waals surface area (Å²) in [7, 11) is 0. The molecule has 20 heavy (non-hydrogen) atoms. The van der Waals surface area contributed by atoms with E-state index in [1.54, 1.807) is 0 Å². The fourth-order valence-electron chi connectivity index (χ4n) is 2.14. The van der Waals surface area contributed by atoms with Crippen LogP contribution in [-0.4, -0.2) is 4.98 Å². The van der Waals surface area contributed by atoms with Crippen LogP contribution in [0.15, 0.2) is 34.8 Å². The maximum absolute atomic E-state index is 9.32. The Balaban J connectivity index is 2.61. The van der Waals surface area contributed by atoms with Gasteiger partial charge in [-0.2, -0.15) is 5.26 Å². The molecule has 0 amide bonds. The zero-order valence-electron chi connectivity index (χ0n) is 11.5. The summed E-state index contributed by atoms with van der Waals surface area (Å²) < 4.78 is 0.972. The Bertz CT molecular complexity index is 672. The Morgan fingerprint density at radius 3 is 2.70 bits per heavy atom. The third kappa shape index (κ3) is 3.17. The number of rotatable bonds is 3. The highest BCUT2D eigenvalue weighted by Crippen LogP contribution is 2.29. The highest BCUT2D eigenvalue weighted by Gasteiger charge is 2.13. The van der Waals surface area contributed by atoms with Crippen molar-refractivity contribution < 1.29 is 0 Å². The second kappa shape index (κ2) is 6.06. The molecule has 1 aromatic heterocycles. The predicted molar refractivity (Wildman–Crippen MR) is 85.0 cm³/mol. The van der Waals surface area contributed by atoms with Gasteiger partial charge in [0.15, 0.2) is 0 Å². The van der Waals surface area contributed by atoms with Crippen molar-refractivity contribution in [2.24, 2.45) is 5.92 Å². The van der Waals surface area contributed by atoms with Crippen molar-refractivity contribution in [2.75, 3.05) is 5.73 Å². The minimum absolute atomic E-state index is 0.306. The Labute approximate surface area is 127 Å². The van der Waals surface area contributed by atoms with E-state index in [-0.39, 0.29) is 0 Å². The number of nitrogens with two attached hydrogens (primary N) is 1. The number of halogens is 1. The third-order valence-electron chi connectivity index (χ3n) is 2.97. The lowest BCUT2D eigenvalue weighted by Gasteiger charge is -2.11. The first-order valence-corrected chi connectivity index (χ1v) is 7.26. The summed E-state index contributed by atoms with van der Waals surface area (Å²) in [5.74, 6) is 0.797. The monoisotopic (exact) mass is 329 g/mol. The summed E-state index contributed by atoms with van der Waals surface area (Å²) in [6, 6.07) is 12.0.